The topological polar surface area (TPSA) is 135 Å². The van der Waals surface area contributed by atoms with Crippen molar-refractivity contribution >= 4 is 36.2 Å². The van der Waals surface area contributed by atoms with E-state index < -0.39 is 48.7 Å². The van der Waals surface area contributed by atoms with Gasteiger partial charge < -0.3 is 28.5 Å². The van der Waals surface area contributed by atoms with Crippen LogP contribution in [0.25, 0.3) is 0 Å². The number of nitrogens with zero attached hydrogens (tertiary/aromatic N) is 3. The molecule has 3 aliphatic heterocycles. The molecule has 1 amide bonds. The molecule has 0 spiro atoms. The second kappa shape index (κ2) is 12.6. The molecular formula is C20H23FN3Na2O7PS. The van der Waals surface area contributed by atoms with Crippen LogP contribution >= 0.6 is 7.82 Å². The Bertz CT molecular complexity index is 1080. The molecule has 0 aliphatic carbocycles. The number of hydrogen-bond acceptors (Lipinski definition) is 9. The molecule has 4 rings (SSSR count). The number of phosphoric acid groups is 1. The summed E-state index contributed by atoms with van der Waals surface area (Å²) in [6, 6.07) is 4.37. The summed E-state index contributed by atoms with van der Waals surface area (Å²) in [5.74, 6) is 1.50. The van der Waals surface area contributed by atoms with Gasteiger partial charge in [-0.2, -0.15) is 0 Å². The van der Waals surface area contributed by atoms with Gasteiger partial charge >= 0.3 is 65.2 Å². The van der Waals surface area contributed by atoms with Crippen molar-refractivity contribution in [1.29, 1.82) is 0 Å². The molecule has 0 N–H and O–H groups in total. The number of amides is 1. The molecule has 0 bridgehead atoms. The summed E-state index contributed by atoms with van der Waals surface area (Å²) in [6.45, 7) is 2.88. The Hall–Kier alpha value is -0.110. The quantitative estimate of drug-likeness (QED) is 0.264. The van der Waals surface area contributed by atoms with Crippen LogP contribution in [0, 0.1) is 5.82 Å². The molecular weight excluding hydrogens is 522 g/mol. The van der Waals surface area contributed by atoms with Crippen LogP contribution in [0.15, 0.2) is 35.3 Å². The van der Waals surface area contributed by atoms with Gasteiger partial charge in [0.15, 0.2) is 0 Å². The second-order valence-corrected chi connectivity index (χ2v) is 11.1. The van der Waals surface area contributed by atoms with Gasteiger partial charge in [-0.1, -0.05) is 19.1 Å². The summed E-state index contributed by atoms with van der Waals surface area (Å²) < 4.78 is 46.5. The number of rotatable bonds is 5. The number of benzene rings is 1. The first-order valence-electron chi connectivity index (χ1n) is 10.3. The van der Waals surface area contributed by atoms with E-state index in [0.717, 1.165) is 10.7 Å². The van der Waals surface area contributed by atoms with Gasteiger partial charge in [0.05, 0.1) is 33.2 Å². The maximum absolute atomic E-state index is 15.1. The first kappa shape index (κ1) is 31.1. The fourth-order valence-corrected chi connectivity index (χ4v) is 5.39. The van der Waals surface area contributed by atoms with E-state index in [4.69, 9.17) is 4.74 Å². The van der Waals surface area contributed by atoms with Crippen molar-refractivity contribution in [3.05, 3.63) is 41.7 Å². The molecule has 0 saturated carbocycles. The largest absolute Gasteiger partial charge is 1.00 e. The van der Waals surface area contributed by atoms with Crippen LogP contribution in [0.5, 0.6) is 0 Å². The fourth-order valence-electron chi connectivity index (χ4n) is 3.99. The number of halogens is 1. The smallest absolute Gasteiger partial charge is 0.790 e. The fraction of sp³-hybridized carbons (Fsp3) is 0.500. The molecule has 2 saturated heterocycles. The second-order valence-electron chi connectivity index (χ2n) is 8.28. The van der Waals surface area contributed by atoms with Crippen molar-refractivity contribution in [2.75, 3.05) is 49.2 Å². The number of phosphoric ester groups is 1. The SMILES string of the molecule is CC1(c2ccc(N3C[C@H](COP(=O)([O-])[O-])OC3=O)cc2F)C=CC(N2CCS(=O)CC2)=NC1.[Na+].[Na+]. The van der Waals surface area contributed by atoms with E-state index in [1.165, 1.54) is 6.07 Å². The number of hydrogen-bond donors (Lipinski definition) is 0. The first-order valence-corrected chi connectivity index (χ1v) is 13.3. The van der Waals surface area contributed by atoms with Gasteiger partial charge in [0.2, 0.25) is 0 Å². The van der Waals surface area contributed by atoms with Crippen molar-refractivity contribution < 1.29 is 96.1 Å². The Morgan fingerprint density at radius 3 is 2.57 bits per heavy atom. The summed E-state index contributed by atoms with van der Waals surface area (Å²) >= 11 is 0. The van der Waals surface area contributed by atoms with E-state index in [1.54, 1.807) is 12.1 Å². The molecule has 1 aromatic carbocycles. The normalized spacial score (nSPS) is 25.0. The van der Waals surface area contributed by atoms with Gasteiger partial charge in [0.25, 0.3) is 0 Å². The van der Waals surface area contributed by atoms with Crippen molar-refractivity contribution in [3.63, 3.8) is 0 Å². The summed E-state index contributed by atoms with van der Waals surface area (Å²) in [6.07, 6.45) is 2.01. The number of carbonyl (C=O) groups is 1. The number of amidine groups is 1. The third-order valence-corrected chi connectivity index (χ3v) is 7.58. The zero-order chi connectivity index (χ0) is 23.8. The zero-order valence-corrected chi connectivity index (χ0v) is 25.6. The minimum atomic E-state index is -5.19. The maximum Gasteiger partial charge on any atom is 1.00 e. The summed E-state index contributed by atoms with van der Waals surface area (Å²) in [4.78, 5) is 41.2. The van der Waals surface area contributed by atoms with E-state index in [1.807, 2.05) is 19.1 Å². The van der Waals surface area contributed by atoms with Gasteiger partial charge in [-0.15, -0.1) is 0 Å². The average molecular weight is 545 g/mol. The van der Waals surface area contributed by atoms with Gasteiger partial charge in [0, 0.05) is 40.8 Å². The van der Waals surface area contributed by atoms with E-state index in [2.05, 4.69) is 14.4 Å². The van der Waals surface area contributed by atoms with E-state index in [-0.39, 0.29) is 71.3 Å². The maximum atomic E-state index is 15.1. The number of ether oxygens (including phenoxy) is 1. The van der Waals surface area contributed by atoms with Crippen LogP contribution in [0.4, 0.5) is 14.9 Å². The number of carbonyl (C=O) groups excluding carboxylic acids is 1. The molecule has 3 aliphatic rings. The molecule has 3 heterocycles. The Labute approximate surface area is 249 Å². The Kier molecular flexibility index (Phi) is 11.2. The van der Waals surface area contributed by atoms with Crippen LogP contribution in [0.3, 0.4) is 0 Å². The monoisotopic (exact) mass is 545 g/mol. The average Bonchev–Trinajstić information content (AvgIpc) is 3.13. The third-order valence-electron chi connectivity index (χ3n) is 5.84. The van der Waals surface area contributed by atoms with Crippen LogP contribution in [-0.2, 0) is 30.0 Å². The van der Waals surface area contributed by atoms with E-state index in [9.17, 15) is 23.4 Å². The Morgan fingerprint density at radius 1 is 1.31 bits per heavy atom. The molecule has 1 unspecified atom stereocenters. The van der Waals surface area contributed by atoms with Crippen molar-refractivity contribution in [3.8, 4) is 0 Å². The van der Waals surface area contributed by atoms with E-state index in [0.29, 0.717) is 36.7 Å². The molecule has 0 aromatic heterocycles. The van der Waals surface area contributed by atoms with Crippen molar-refractivity contribution in [2.24, 2.45) is 4.99 Å². The minimum Gasteiger partial charge on any atom is -0.790 e. The molecule has 0 radical (unpaired) electrons. The van der Waals surface area contributed by atoms with Crippen LogP contribution in [0.1, 0.15) is 12.5 Å². The minimum absolute atomic E-state index is 0. The number of aliphatic imine (C=N–C) groups is 1. The molecule has 180 valence electrons. The molecule has 2 atom stereocenters. The van der Waals surface area contributed by atoms with Crippen LogP contribution in [0.2, 0.25) is 0 Å². The number of dihydropyridines is 1. The van der Waals surface area contributed by atoms with E-state index >= 15 is 4.39 Å². The van der Waals surface area contributed by atoms with Gasteiger partial charge in [-0.05, 0) is 23.8 Å². The van der Waals surface area contributed by atoms with Crippen LogP contribution in [-0.4, -0.2) is 71.4 Å². The molecule has 10 nitrogen and oxygen atoms in total. The number of anilines is 1. The third kappa shape index (κ3) is 7.70. The number of cyclic esters (lactones) is 1. The van der Waals surface area contributed by atoms with Gasteiger partial charge in [-0.25, -0.2) is 9.18 Å². The molecule has 2 fully saturated rings. The predicted molar refractivity (Wildman–Crippen MR) is 116 cm³/mol. The zero-order valence-electron chi connectivity index (χ0n) is 19.8. The molecule has 35 heavy (non-hydrogen) atoms. The van der Waals surface area contributed by atoms with Crippen molar-refractivity contribution in [1.82, 2.24) is 4.90 Å². The molecule has 15 heteroatoms. The standard InChI is InChI=1S/C20H25FN3O7PS.2Na/c1-20(5-4-18(22-13-20)23-6-8-33(29)9-7-23)16-3-2-14(10-17(16)21)24-11-15(31-19(24)25)12-30-32(26,27)28;;/h2-5,10,15H,6-9,11-13H2,1H3,(H2,26,27,28);;/q;2*+1/p-2/t15-,20?;;/m1../s1. The van der Waals surface area contributed by atoms with Crippen molar-refractivity contribution in [2.45, 2.75) is 18.4 Å². The van der Waals surface area contributed by atoms with Gasteiger partial charge in [-0.3, -0.25) is 14.1 Å². The predicted octanol–water partition coefficient (Wildman–Crippen LogP) is -5.71. The summed E-state index contributed by atoms with van der Waals surface area (Å²) in [5, 5.41) is 0. The summed E-state index contributed by atoms with van der Waals surface area (Å²) in [7, 11) is -5.97. The first-order chi connectivity index (χ1) is 15.5. The summed E-state index contributed by atoms with van der Waals surface area (Å²) in [5.41, 5.74) is -0.0306. The Balaban J connectivity index is 0.00000216. The van der Waals surface area contributed by atoms with Crippen LogP contribution < -0.4 is 73.8 Å². The molecule has 1 aromatic rings. The Morgan fingerprint density at radius 2 is 2.00 bits per heavy atom. The van der Waals surface area contributed by atoms with Gasteiger partial charge in [0.1, 0.15) is 17.8 Å².